The molecule has 0 aromatic carbocycles. The molecule has 6 nitrogen and oxygen atoms in total. The van der Waals surface area contributed by atoms with E-state index < -0.39 is 5.60 Å². The van der Waals surface area contributed by atoms with Gasteiger partial charge < -0.3 is 9.84 Å². The molecule has 0 amide bonds. The lowest BCUT2D eigenvalue weighted by atomic mass is 9.47. The fraction of sp³-hybridized carbons (Fsp3) is 0.828. The number of carbonyl (C=O) groups excluding carboxylic acids is 2. The van der Waals surface area contributed by atoms with Crippen molar-refractivity contribution in [2.24, 2.45) is 58.7 Å². The zero-order valence-electron chi connectivity index (χ0n) is 21.8. The minimum absolute atomic E-state index is 0.0875. The van der Waals surface area contributed by atoms with Gasteiger partial charge in [0.15, 0.2) is 5.78 Å². The van der Waals surface area contributed by atoms with E-state index in [9.17, 15) is 14.7 Å². The summed E-state index contributed by atoms with van der Waals surface area (Å²) in [6.45, 7) is 9.20. The van der Waals surface area contributed by atoms with Crippen molar-refractivity contribution in [3.63, 3.8) is 0 Å². The van der Waals surface area contributed by atoms with E-state index in [-0.39, 0.29) is 23.8 Å². The van der Waals surface area contributed by atoms with E-state index in [2.05, 4.69) is 18.9 Å². The van der Waals surface area contributed by atoms with E-state index in [0.717, 1.165) is 37.0 Å². The zero-order chi connectivity index (χ0) is 24.7. The van der Waals surface area contributed by atoms with E-state index in [4.69, 9.17) is 4.74 Å². The van der Waals surface area contributed by atoms with E-state index in [1.807, 2.05) is 6.92 Å². The smallest absolute Gasteiger partial charge is 0.341 e. The maximum Gasteiger partial charge on any atom is 0.341 e. The van der Waals surface area contributed by atoms with Crippen molar-refractivity contribution in [2.75, 3.05) is 6.61 Å². The molecule has 0 saturated heterocycles. The van der Waals surface area contributed by atoms with Gasteiger partial charge in [0, 0.05) is 12.1 Å². The van der Waals surface area contributed by atoms with Gasteiger partial charge in [0.25, 0.3) is 0 Å². The van der Waals surface area contributed by atoms with Gasteiger partial charge in [0.2, 0.25) is 0 Å². The van der Waals surface area contributed by atoms with Crippen LogP contribution in [0.2, 0.25) is 0 Å². The van der Waals surface area contributed by atoms with Crippen molar-refractivity contribution in [1.82, 2.24) is 9.78 Å². The molecule has 11 unspecified atom stereocenters. The largest absolute Gasteiger partial charge is 0.462 e. The van der Waals surface area contributed by atoms with Crippen molar-refractivity contribution in [1.29, 1.82) is 0 Å². The minimum atomic E-state index is -0.474. The van der Waals surface area contributed by atoms with Gasteiger partial charge in [0.1, 0.15) is 0 Å². The summed E-state index contributed by atoms with van der Waals surface area (Å²) >= 11 is 0. The first-order valence-electron chi connectivity index (χ1n) is 14.1. The number of carbonyl (C=O) groups is 2. The number of nitrogens with zero attached hydrogens (tertiary/aromatic N) is 2. The summed E-state index contributed by atoms with van der Waals surface area (Å²) in [4.78, 5) is 25.9. The maximum atomic E-state index is 13.8. The molecule has 1 aromatic heterocycles. The number of esters is 1. The Bertz CT molecular complexity index is 1020. The second-order valence-electron chi connectivity index (χ2n) is 13.2. The van der Waals surface area contributed by atoms with E-state index in [1.54, 1.807) is 17.8 Å². The van der Waals surface area contributed by atoms with Crippen LogP contribution in [0.1, 0.15) is 83.0 Å². The number of ether oxygens (including phenoxy) is 1. The van der Waals surface area contributed by atoms with Crippen molar-refractivity contribution in [2.45, 2.75) is 84.8 Å². The lowest BCUT2D eigenvalue weighted by Gasteiger charge is -2.58. The van der Waals surface area contributed by atoms with Gasteiger partial charge in [0.05, 0.1) is 30.5 Å². The van der Waals surface area contributed by atoms with Crippen molar-refractivity contribution < 1.29 is 19.4 Å². The molecule has 192 valence electrons. The lowest BCUT2D eigenvalue weighted by molar-refractivity contribution is -0.137. The van der Waals surface area contributed by atoms with Crippen LogP contribution in [0.3, 0.4) is 0 Å². The standard InChI is InChI=1S/C29H42N2O4/c1-5-35-27(33)18-13-30-31(14-18)15-22(32)26-24-16(2)23(24)25-21-7-6-17-12-28(3,34)10-8-19(17)20(21)9-11-29(25,26)4/h13-14,16-17,19-21,23-26,34H,5-12,15H2,1-4H3. The highest BCUT2D eigenvalue weighted by Crippen LogP contribution is 2.76. The number of aliphatic hydroxyl groups is 1. The molecule has 0 aliphatic heterocycles. The van der Waals surface area contributed by atoms with Gasteiger partial charge in [-0.05, 0) is 112 Å². The number of ketones is 1. The fourth-order valence-electron chi connectivity index (χ4n) is 10.1. The molecular formula is C29H42N2O4. The second-order valence-corrected chi connectivity index (χ2v) is 13.2. The van der Waals surface area contributed by atoms with Crippen LogP contribution in [0.15, 0.2) is 12.4 Å². The fourth-order valence-corrected chi connectivity index (χ4v) is 10.1. The third-order valence-corrected chi connectivity index (χ3v) is 11.4. The molecule has 5 fully saturated rings. The summed E-state index contributed by atoms with van der Waals surface area (Å²) in [5.74, 6) is 5.51. The normalized spacial score (nSPS) is 47.7. The zero-order valence-corrected chi connectivity index (χ0v) is 21.8. The first-order chi connectivity index (χ1) is 16.6. The molecule has 0 spiro atoms. The third-order valence-electron chi connectivity index (χ3n) is 11.4. The van der Waals surface area contributed by atoms with E-state index in [1.165, 1.54) is 31.9 Å². The van der Waals surface area contributed by atoms with E-state index >= 15 is 0 Å². The average molecular weight is 483 g/mol. The van der Waals surface area contributed by atoms with Crippen LogP contribution in [-0.4, -0.2) is 38.8 Å². The van der Waals surface area contributed by atoms with Crippen molar-refractivity contribution in [3.8, 4) is 0 Å². The molecule has 1 aromatic rings. The average Bonchev–Trinajstić information content (AvgIpc) is 3.13. The molecule has 11 atom stereocenters. The Hall–Kier alpha value is -1.69. The summed E-state index contributed by atoms with van der Waals surface area (Å²) < 4.78 is 6.72. The molecule has 6 heteroatoms. The Balaban J connectivity index is 1.21. The topological polar surface area (TPSA) is 81.4 Å². The van der Waals surface area contributed by atoms with Crippen LogP contribution in [0.25, 0.3) is 0 Å². The van der Waals surface area contributed by atoms with Crippen LogP contribution in [-0.2, 0) is 16.1 Å². The number of hydrogen-bond acceptors (Lipinski definition) is 5. The van der Waals surface area contributed by atoms with Crippen LogP contribution >= 0.6 is 0 Å². The Kier molecular flexibility index (Phi) is 5.52. The second kappa shape index (κ2) is 8.16. The summed E-state index contributed by atoms with van der Waals surface area (Å²) in [6.07, 6.45) is 11.2. The van der Waals surface area contributed by atoms with Crippen molar-refractivity contribution in [3.05, 3.63) is 18.0 Å². The molecular weight excluding hydrogens is 440 g/mol. The Morgan fingerprint density at radius 3 is 2.66 bits per heavy atom. The molecule has 1 heterocycles. The van der Waals surface area contributed by atoms with Crippen LogP contribution in [0.4, 0.5) is 0 Å². The SMILES string of the molecule is CCOC(=O)c1cnn(CC(=O)C2C3C(C)C3C3C4CCC5CC(C)(O)CCC5C4CCC23C)c1. The summed E-state index contributed by atoms with van der Waals surface area (Å²) in [5.41, 5.74) is 0.0266. The van der Waals surface area contributed by atoms with Crippen LogP contribution in [0.5, 0.6) is 0 Å². The Labute approximate surface area is 209 Å². The highest BCUT2D eigenvalue weighted by Gasteiger charge is 2.73. The highest BCUT2D eigenvalue weighted by molar-refractivity contribution is 5.89. The predicted molar refractivity (Wildman–Crippen MR) is 131 cm³/mol. The van der Waals surface area contributed by atoms with Gasteiger partial charge in [-0.1, -0.05) is 13.8 Å². The number of rotatable bonds is 5. The van der Waals surface area contributed by atoms with Gasteiger partial charge in [-0.15, -0.1) is 0 Å². The highest BCUT2D eigenvalue weighted by atomic mass is 16.5. The number of fused-ring (bicyclic) bond motifs is 7. The van der Waals surface area contributed by atoms with E-state index in [0.29, 0.717) is 47.5 Å². The number of aromatic nitrogens is 2. The first kappa shape index (κ1) is 23.7. The monoisotopic (exact) mass is 482 g/mol. The summed E-state index contributed by atoms with van der Waals surface area (Å²) in [5, 5.41) is 15.0. The minimum Gasteiger partial charge on any atom is -0.462 e. The molecule has 5 aliphatic rings. The van der Waals surface area contributed by atoms with Gasteiger partial charge in [-0.3, -0.25) is 9.48 Å². The molecule has 0 bridgehead atoms. The number of hydrogen-bond donors (Lipinski definition) is 1. The Morgan fingerprint density at radius 2 is 1.89 bits per heavy atom. The maximum absolute atomic E-state index is 13.8. The van der Waals surface area contributed by atoms with Crippen LogP contribution in [0, 0.1) is 58.7 Å². The van der Waals surface area contributed by atoms with Gasteiger partial charge >= 0.3 is 5.97 Å². The predicted octanol–water partition coefficient (Wildman–Crippen LogP) is 4.75. The third kappa shape index (κ3) is 3.64. The molecule has 1 N–H and O–H groups in total. The Morgan fingerprint density at radius 1 is 1.11 bits per heavy atom. The first-order valence-corrected chi connectivity index (χ1v) is 14.1. The molecule has 6 rings (SSSR count). The molecule has 0 radical (unpaired) electrons. The number of Topliss-reactive ketones (excluding diaryl/α,β-unsaturated/α-hetero) is 1. The molecule has 35 heavy (non-hydrogen) atoms. The van der Waals surface area contributed by atoms with Crippen LogP contribution < -0.4 is 0 Å². The summed E-state index contributed by atoms with van der Waals surface area (Å²) in [6, 6.07) is 0. The quantitative estimate of drug-likeness (QED) is 0.613. The van der Waals surface area contributed by atoms with Crippen molar-refractivity contribution >= 4 is 11.8 Å². The van der Waals surface area contributed by atoms with Gasteiger partial charge in [-0.2, -0.15) is 5.10 Å². The van der Waals surface area contributed by atoms with Gasteiger partial charge in [-0.25, -0.2) is 4.79 Å². The summed E-state index contributed by atoms with van der Waals surface area (Å²) in [7, 11) is 0. The lowest BCUT2D eigenvalue weighted by Crippen LogP contribution is -2.52. The molecule has 5 saturated carbocycles. The molecule has 5 aliphatic carbocycles.